The summed E-state index contributed by atoms with van der Waals surface area (Å²) < 4.78 is 13.0. The summed E-state index contributed by atoms with van der Waals surface area (Å²) in [7, 11) is 0. The number of nitrogens with one attached hydrogen (secondary N) is 1. The zero-order valence-corrected chi connectivity index (χ0v) is 12.0. The third kappa shape index (κ3) is 4.02. The van der Waals surface area contributed by atoms with Gasteiger partial charge in [-0.1, -0.05) is 6.07 Å². The highest BCUT2D eigenvalue weighted by Gasteiger charge is 2.08. The Morgan fingerprint density at radius 1 is 1.19 bits per heavy atom. The second-order valence-electron chi connectivity index (χ2n) is 5.06. The fourth-order valence-corrected chi connectivity index (χ4v) is 2.25. The van der Waals surface area contributed by atoms with Gasteiger partial charge in [0.2, 0.25) is 0 Å². The Morgan fingerprint density at radius 2 is 1.95 bits per heavy atom. The fourth-order valence-electron chi connectivity index (χ4n) is 2.25. The highest BCUT2D eigenvalue weighted by molar-refractivity contribution is 5.53. The maximum absolute atomic E-state index is 13.0. The molecule has 0 spiro atoms. The molecule has 0 aliphatic rings. The largest absolute Gasteiger partial charge is 0.385 e. The molecule has 5 heteroatoms. The Hall–Kier alpha value is -2.43. The molecule has 0 fully saturated rings. The lowest BCUT2D eigenvalue weighted by atomic mass is 10.1. The number of hydrogen-bond acceptors (Lipinski definition) is 3. The Morgan fingerprint density at radius 3 is 2.62 bits per heavy atom. The number of benzene rings is 2. The van der Waals surface area contributed by atoms with Crippen molar-refractivity contribution in [2.45, 2.75) is 20.3 Å². The first-order valence-corrected chi connectivity index (χ1v) is 6.70. The average molecular weight is 288 g/mol. The number of nitro benzene ring substituents is 1. The Labute approximate surface area is 122 Å². The van der Waals surface area contributed by atoms with E-state index < -0.39 is 4.92 Å². The van der Waals surface area contributed by atoms with E-state index in [1.54, 1.807) is 6.07 Å². The van der Waals surface area contributed by atoms with E-state index in [9.17, 15) is 14.5 Å². The topological polar surface area (TPSA) is 55.2 Å². The first-order valence-electron chi connectivity index (χ1n) is 6.70. The number of aryl methyl sites for hydroxylation is 2. The number of halogens is 1. The summed E-state index contributed by atoms with van der Waals surface area (Å²) in [6.07, 6.45) is 0.730. The van der Waals surface area contributed by atoms with Crippen LogP contribution >= 0.6 is 0 Å². The van der Waals surface area contributed by atoms with E-state index >= 15 is 0 Å². The van der Waals surface area contributed by atoms with E-state index in [0.717, 1.165) is 28.8 Å². The summed E-state index contributed by atoms with van der Waals surface area (Å²) in [5.41, 5.74) is 3.61. The molecule has 0 bridgehead atoms. The zero-order chi connectivity index (χ0) is 15.4. The zero-order valence-electron chi connectivity index (χ0n) is 12.0. The van der Waals surface area contributed by atoms with Crippen LogP contribution in [-0.4, -0.2) is 11.5 Å². The molecule has 0 aromatic heterocycles. The van der Waals surface area contributed by atoms with Gasteiger partial charge in [-0.15, -0.1) is 0 Å². The molecule has 2 rings (SSSR count). The second-order valence-corrected chi connectivity index (χ2v) is 5.06. The van der Waals surface area contributed by atoms with Gasteiger partial charge in [0, 0.05) is 24.4 Å². The molecule has 21 heavy (non-hydrogen) atoms. The molecular weight excluding hydrogens is 271 g/mol. The lowest BCUT2D eigenvalue weighted by Gasteiger charge is -2.09. The molecule has 0 aliphatic heterocycles. The van der Waals surface area contributed by atoms with E-state index in [1.807, 2.05) is 19.9 Å². The maximum atomic E-state index is 13.0. The van der Waals surface area contributed by atoms with Gasteiger partial charge in [0.05, 0.1) is 4.92 Å². The lowest BCUT2D eigenvalue weighted by molar-refractivity contribution is -0.384. The van der Waals surface area contributed by atoms with Gasteiger partial charge in [0.25, 0.3) is 5.69 Å². The molecule has 1 N–H and O–H groups in total. The van der Waals surface area contributed by atoms with Gasteiger partial charge in [-0.25, -0.2) is 4.39 Å². The van der Waals surface area contributed by atoms with Crippen LogP contribution in [-0.2, 0) is 6.42 Å². The van der Waals surface area contributed by atoms with Crippen molar-refractivity contribution in [1.82, 2.24) is 0 Å². The van der Waals surface area contributed by atoms with E-state index in [0.29, 0.717) is 6.54 Å². The summed E-state index contributed by atoms with van der Waals surface area (Å²) in [4.78, 5) is 10.4. The minimum atomic E-state index is -0.400. The first kappa shape index (κ1) is 15.0. The predicted octanol–water partition coefficient (Wildman–Crippen LogP) is 4.01. The van der Waals surface area contributed by atoms with E-state index in [1.165, 1.54) is 24.3 Å². The number of nitro groups is 1. The molecule has 0 radical (unpaired) electrons. The summed E-state index contributed by atoms with van der Waals surface area (Å²) in [5, 5.41) is 14.0. The fraction of sp³-hybridized carbons (Fsp3) is 0.250. The molecule has 2 aromatic carbocycles. The summed E-state index contributed by atoms with van der Waals surface area (Å²) in [6, 6.07) is 9.64. The van der Waals surface area contributed by atoms with Gasteiger partial charge in [-0.05, 0) is 55.2 Å². The van der Waals surface area contributed by atoms with Crippen molar-refractivity contribution < 1.29 is 9.31 Å². The van der Waals surface area contributed by atoms with Gasteiger partial charge < -0.3 is 5.32 Å². The minimum Gasteiger partial charge on any atom is -0.385 e. The van der Waals surface area contributed by atoms with E-state index in [2.05, 4.69) is 5.32 Å². The summed E-state index contributed by atoms with van der Waals surface area (Å²) in [6.45, 7) is 4.32. The number of non-ortho nitro benzene ring substituents is 1. The molecule has 110 valence electrons. The Kier molecular flexibility index (Phi) is 4.52. The molecule has 0 aliphatic carbocycles. The maximum Gasteiger partial charge on any atom is 0.271 e. The quantitative estimate of drug-likeness (QED) is 0.668. The molecule has 0 heterocycles. The van der Waals surface area contributed by atoms with Gasteiger partial charge >= 0.3 is 0 Å². The number of hydrogen-bond donors (Lipinski definition) is 1. The monoisotopic (exact) mass is 288 g/mol. The minimum absolute atomic E-state index is 0.0791. The van der Waals surface area contributed by atoms with Crippen molar-refractivity contribution in [2.24, 2.45) is 0 Å². The van der Waals surface area contributed by atoms with Gasteiger partial charge in [0.1, 0.15) is 5.82 Å². The first-order chi connectivity index (χ1) is 9.95. The van der Waals surface area contributed by atoms with Gasteiger partial charge in [-0.3, -0.25) is 10.1 Å². The van der Waals surface area contributed by atoms with Crippen molar-refractivity contribution in [3.05, 3.63) is 69.0 Å². The highest BCUT2D eigenvalue weighted by atomic mass is 19.1. The van der Waals surface area contributed by atoms with Crippen LogP contribution in [0.15, 0.2) is 36.4 Å². The normalized spacial score (nSPS) is 10.4. The number of rotatable bonds is 5. The SMILES string of the molecule is Cc1cc(NCCc2ccc(F)cc2C)cc([N+](=O)[O-])c1. The molecule has 2 aromatic rings. The summed E-state index contributed by atoms with van der Waals surface area (Å²) >= 11 is 0. The average Bonchev–Trinajstić information content (AvgIpc) is 2.40. The predicted molar refractivity (Wildman–Crippen MR) is 81.2 cm³/mol. The third-order valence-corrected chi connectivity index (χ3v) is 3.30. The third-order valence-electron chi connectivity index (χ3n) is 3.30. The van der Waals surface area contributed by atoms with E-state index in [-0.39, 0.29) is 11.5 Å². The van der Waals surface area contributed by atoms with Crippen molar-refractivity contribution in [2.75, 3.05) is 11.9 Å². The van der Waals surface area contributed by atoms with Gasteiger partial charge in [-0.2, -0.15) is 0 Å². The van der Waals surface area contributed by atoms with Crippen LogP contribution in [0.25, 0.3) is 0 Å². The molecule has 0 unspecified atom stereocenters. The van der Waals surface area contributed by atoms with Crippen LogP contribution in [0.5, 0.6) is 0 Å². The molecule has 0 amide bonds. The van der Waals surface area contributed by atoms with Crippen LogP contribution in [0.1, 0.15) is 16.7 Å². The van der Waals surface area contributed by atoms with Crippen LogP contribution in [0, 0.1) is 29.8 Å². The van der Waals surface area contributed by atoms with Crippen LogP contribution in [0.3, 0.4) is 0 Å². The van der Waals surface area contributed by atoms with Crippen molar-refractivity contribution in [3.8, 4) is 0 Å². The smallest absolute Gasteiger partial charge is 0.271 e. The molecular formula is C16H17FN2O2. The Bertz CT molecular complexity index is 671. The standard InChI is InChI=1S/C16H17FN2O2/c1-11-7-15(10-16(8-11)19(20)21)18-6-5-13-3-4-14(17)9-12(13)2/h3-4,7-10,18H,5-6H2,1-2H3. The van der Waals surface area contributed by atoms with Crippen LogP contribution in [0.2, 0.25) is 0 Å². The van der Waals surface area contributed by atoms with E-state index in [4.69, 9.17) is 0 Å². The molecule has 0 atom stereocenters. The van der Waals surface area contributed by atoms with Crippen molar-refractivity contribution in [1.29, 1.82) is 0 Å². The van der Waals surface area contributed by atoms with Crippen LogP contribution in [0.4, 0.5) is 15.8 Å². The Balaban J connectivity index is 2.01. The lowest BCUT2D eigenvalue weighted by Crippen LogP contribution is -2.06. The van der Waals surface area contributed by atoms with Gasteiger partial charge in [0.15, 0.2) is 0 Å². The molecule has 0 saturated heterocycles. The second kappa shape index (κ2) is 6.35. The van der Waals surface area contributed by atoms with Crippen molar-refractivity contribution >= 4 is 11.4 Å². The molecule has 4 nitrogen and oxygen atoms in total. The van der Waals surface area contributed by atoms with Crippen molar-refractivity contribution in [3.63, 3.8) is 0 Å². The summed E-state index contributed by atoms with van der Waals surface area (Å²) in [5.74, 6) is -0.237. The van der Waals surface area contributed by atoms with Crippen LogP contribution < -0.4 is 5.32 Å². The number of nitrogens with zero attached hydrogens (tertiary/aromatic N) is 1. The number of anilines is 1. The molecule has 0 saturated carbocycles. The highest BCUT2D eigenvalue weighted by Crippen LogP contribution is 2.20.